The lowest BCUT2D eigenvalue weighted by Gasteiger charge is -2.31. The van der Waals surface area contributed by atoms with Gasteiger partial charge in [0.25, 0.3) is 5.69 Å². The van der Waals surface area contributed by atoms with Gasteiger partial charge in [0, 0.05) is 28.7 Å². The van der Waals surface area contributed by atoms with Gasteiger partial charge in [0.1, 0.15) is 0 Å². The summed E-state index contributed by atoms with van der Waals surface area (Å²) in [5, 5.41) is 11.2. The van der Waals surface area contributed by atoms with E-state index in [2.05, 4.69) is 27.8 Å². The Morgan fingerprint density at radius 3 is 2.86 bits per heavy atom. The van der Waals surface area contributed by atoms with Gasteiger partial charge in [-0.1, -0.05) is 29.3 Å². The van der Waals surface area contributed by atoms with Crippen molar-refractivity contribution in [2.24, 2.45) is 11.7 Å². The molecule has 0 bridgehead atoms. The molecule has 1 aliphatic carbocycles. The summed E-state index contributed by atoms with van der Waals surface area (Å²) < 4.78 is 0.738. The van der Waals surface area contributed by atoms with Crippen LogP contribution in [0.3, 0.4) is 0 Å². The van der Waals surface area contributed by atoms with Gasteiger partial charge in [0.05, 0.1) is 4.92 Å². The van der Waals surface area contributed by atoms with Crippen LogP contribution in [0.15, 0.2) is 22.7 Å². The van der Waals surface area contributed by atoms with E-state index in [1.54, 1.807) is 6.07 Å². The van der Waals surface area contributed by atoms with Gasteiger partial charge in [-0.25, -0.2) is 0 Å². The van der Waals surface area contributed by atoms with E-state index in [0.29, 0.717) is 25.0 Å². The highest BCUT2D eigenvalue weighted by Crippen LogP contribution is 2.32. The highest BCUT2D eigenvalue weighted by atomic mass is 79.9. The standard InChI is InChI=1S/C15H22BrN3O2/c1-2-18(14-5-3-4-11(14)9-17)10-12-6-7-13(16)8-15(12)19(20)21/h6-8,11,14H,2-5,9-10,17H2,1H3. The molecule has 1 fully saturated rings. The highest BCUT2D eigenvalue weighted by Gasteiger charge is 2.31. The normalized spacial score (nSPS) is 21.9. The molecule has 0 saturated heterocycles. The third-order valence-electron chi connectivity index (χ3n) is 4.41. The fraction of sp³-hybridized carbons (Fsp3) is 0.600. The van der Waals surface area contributed by atoms with Crippen LogP contribution in [-0.2, 0) is 6.54 Å². The van der Waals surface area contributed by atoms with E-state index in [1.807, 2.05) is 12.1 Å². The lowest BCUT2D eigenvalue weighted by atomic mass is 10.0. The molecule has 116 valence electrons. The lowest BCUT2D eigenvalue weighted by molar-refractivity contribution is -0.385. The predicted octanol–water partition coefficient (Wildman–Crippen LogP) is 3.31. The van der Waals surface area contributed by atoms with Crippen LogP contribution >= 0.6 is 15.9 Å². The first kappa shape index (κ1) is 16.4. The minimum absolute atomic E-state index is 0.185. The number of nitro groups is 1. The Balaban J connectivity index is 2.20. The molecule has 0 aromatic heterocycles. The highest BCUT2D eigenvalue weighted by molar-refractivity contribution is 9.10. The third-order valence-corrected chi connectivity index (χ3v) is 4.91. The van der Waals surface area contributed by atoms with Crippen molar-refractivity contribution < 1.29 is 4.92 Å². The molecule has 0 radical (unpaired) electrons. The molecule has 0 amide bonds. The molecule has 0 aliphatic heterocycles. The number of hydrogen-bond donors (Lipinski definition) is 1. The van der Waals surface area contributed by atoms with E-state index in [1.165, 1.54) is 12.8 Å². The zero-order chi connectivity index (χ0) is 15.4. The molecule has 1 saturated carbocycles. The second kappa shape index (κ2) is 7.33. The quantitative estimate of drug-likeness (QED) is 0.627. The van der Waals surface area contributed by atoms with Crippen molar-refractivity contribution in [2.45, 2.75) is 38.8 Å². The minimum atomic E-state index is -0.303. The average Bonchev–Trinajstić information content (AvgIpc) is 2.94. The Morgan fingerprint density at radius 1 is 1.48 bits per heavy atom. The molecule has 5 nitrogen and oxygen atoms in total. The van der Waals surface area contributed by atoms with Gasteiger partial charge in [-0.05, 0) is 44.0 Å². The molecule has 21 heavy (non-hydrogen) atoms. The summed E-state index contributed by atoms with van der Waals surface area (Å²) in [7, 11) is 0. The summed E-state index contributed by atoms with van der Waals surface area (Å²) in [6.07, 6.45) is 3.51. The first-order valence-electron chi connectivity index (χ1n) is 7.43. The molecule has 2 atom stereocenters. The predicted molar refractivity (Wildman–Crippen MR) is 87.1 cm³/mol. The van der Waals surface area contributed by atoms with E-state index < -0.39 is 0 Å². The van der Waals surface area contributed by atoms with Crippen LogP contribution in [0.1, 0.15) is 31.7 Å². The SMILES string of the molecule is CCN(Cc1ccc(Br)cc1[N+](=O)[O-])C1CCCC1CN. The second-order valence-corrected chi connectivity index (χ2v) is 6.50. The van der Waals surface area contributed by atoms with Crippen molar-refractivity contribution in [3.63, 3.8) is 0 Å². The Labute approximate surface area is 133 Å². The fourth-order valence-electron chi connectivity index (χ4n) is 3.30. The smallest absolute Gasteiger partial charge is 0.275 e. The van der Waals surface area contributed by atoms with Gasteiger partial charge in [0.15, 0.2) is 0 Å². The maximum absolute atomic E-state index is 11.2. The Bertz CT molecular complexity index is 510. The van der Waals surface area contributed by atoms with Crippen LogP contribution in [0.2, 0.25) is 0 Å². The Hall–Kier alpha value is -0.980. The van der Waals surface area contributed by atoms with Crippen molar-refractivity contribution in [3.05, 3.63) is 38.3 Å². The zero-order valence-corrected chi connectivity index (χ0v) is 13.9. The van der Waals surface area contributed by atoms with Gasteiger partial charge in [-0.2, -0.15) is 0 Å². The molecule has 1 aromatic rings. The van der Waals surface area contributed by atoms with Gasteiger partial charge >= 0.3 is 0 Å². The maximum Gasteiger partial charge on any atom is 0.275 e. The average molecular weight is 356 g/mol. The summed E-state index contributed by atoms with van der Waals surface area (Å²) in [4.78, 5) is 13.3. The largest absolute Gasteiger partial charge is 0.330 e. The molecule has 1 aliphatic rings. The Morgan fingerprint density at radius 2 is 2.24 bits per heavy atom. The van der Waals surface area contributed by atoms with Crippen LogP contribution in [0, 0.1) is 16.0 Å². The van der Waals surface area contributed by atoms with Crippen molar-refractivity contribution in [2.75, 3.05) is 13.1 Å². The van der Waals surface area contributed by atoms with Gasteiger partial charge in [-0.15, -0.1) is 0 Å². The summed E-state index contributed by atoms with van der Waals surface area (Å²) >= 11 is 3.30. The zero-order valence-electron chi connectivity index (χ0n) is 12.3. The minimum Gasteiger partial charge on any atom is -0.330 e. The van der Waals surface area contributed by atoms with E-state index in [9.17, 15) is 10.1 Å². The molecule has 2 N–H and O–H groups in total. The number of benzene rings is 1. The van der Waals surface area contributed by atoms with Crippen LogP contribution in [0.5, 0.6) is 0 Å². The summed E-state index contributed by atoms with van der Waals surface area (Å²) in [5.74, 6) is 0.513. The van der Waals surface area contributed by atoms with Gasteiger partial charge < -0.3 is 5.73 Å². The number of hydrogen-bond acceptors (Lipinski definition) is 4. The first-order chi connectivity index (χ1) is 10.1. The second-order valence-electron chi connectivity index (χ2n) is 5.59. The van der Waals surface area contributed by atoms with Crippen molar-refractivity contribution in [1.82, 2.24) is 4.90 Å². The van der Waals surface area contributed by atoms with E-state index in [4.69, 9.17) is 5.73 Å². The van der Waals surface area contributed by atoms with Crippen molar-refractivity contribution >= 4 is 21.6 Å². The topological polar surface area (TPSA) is 72.4 Å². The van der Waals surface area contributed by atoms with E-state index >= 15 is 0 Å². The van der Waals surface area contributed by atoms with Gasteiger partial charge in [-0.3, -0.25) is 15.0 Å². The summed E-state index contributed by atoms with van der Waals surface area (Å²) in [6, 6.07) is 5.74. The fourth-order valence-corrected chi connectivity index (χ4v) is 3.64. The van der Waals surface area contributed by atoms with Gasteiger partial charge in [0.2, 0.25) is 0 Å². The van der Waals surface area contributed by atoms with Crippen molar-refractivity contribution in [3.8, 4) is 0 Å². The number of nitrogens with zero attached hydrogens (tertiary/aromatic N) is 2. The summed E-state index contributed by atoms with van der Waals surface area (Å²) in [6.45, 7) is 4.30. The molecule has 0 spiro atoms. The number of nitro benzene ring substituents is 1. The molecule has 2 unspecified atom stereocenters. The molecular formula is C15H22BrN3O2. The van der Waals surface area contributed by atoms with E-state index in [-0.39, 0.29) is 10.6 Å². The monoisotopic (exact) mass is 355 g/mol. The van der Waals surface area contributed by atoms with Crippen LogP contribution in [-0.4, -0.2) is 29.0 Å². The molecular weight excluding hydrogens is 334 g/mol. The number of nitrogens with two attached hydrogens (primary N) is 1. The first-order valence-corrected chi connectivity index (χ1v) is 8.23. The van der Waals surface area contributed by atoms with Crippen molar-refractivity contribution in [1.29, 1.82) is 0 Å². The Kier molecular flexibility index (Phi) is 5.72. The third kappa shape index (κ3) is 3.81. The lowest BCUT2D eigenvalue weighted by Crippen LogP contribution is -2.39. The van der Waals surface area contributed by atoms with Crippen LogP contribution in [0.4, 0.5) is 5.69 Å². The molecule has 1 aromatic carbocycles. The summed E-state index contributed by atoms with van der Waals surface area (Å²) in [5.41, 5.74) is 6.82. The molecule has 0 heterocycles. The molecule has 6 heteroatoms. The van der Waals surface area contributed by atoms with E-state index in [0.717, 1.165) is 23.0 Å². The molecule has 2 rings (SSSR count). The van der Waals surface area contributed by atoms with Crippen LogP contribution in [0.25, 0.3) is 0 Å². The maximum atomic E-state index is 11.2. The number of rotatable bonds is 6. The van der Waals surface area contributed by atoms with Crippen LogP contribution < -0.4 is 5.73 Å². The number of halogens is 1.